The van der Waals surface area contributed by atoms with E-state index in [-0.39, 0.29) is 32.5 Å². The van der Waals surface area contributed by atoms with E-state index in [1.54, 1.807) is 0 Å². The summed E-state index contributed by atoms with van der Waals surface area (Å²) in [5.74, 6) is 1.11. The molecular formula is C69H84O3. The lowest BCUT2D eigenvalue weighted by atomic mass is 9.74. The smallest absolute Gasteiger partial charge is 0.123 e. The third-order valence-corrected chi connectivity index (χ3v) is 15.0. The molecule has 7 aromatic carbocycles. The summed E-state index contributed by atoms with van der Waals surface area (Å²) in [5, 5.41) is 35.9. The van der Waals surface area contributed by atoms with Crippen LogP contribution in [-0.2, 0) is 32.5 Å². The molecule has 0 aliphatic rings. The summed E-state index contributed by atoms with van der Waals surface area (Å²) in [6.07, 6.45) is 0. The number of hydrogen-bond acceptors (Lipinski definition) is 3. The van der Waals surface area contributed by atoms with Crippen LogP contribution in [0.1, 0.15) is 175 Å². The number of rotatable bonds is 6. The first-order valence-electron chi connectivity index (χ1n) is 26.1. The molecule has 0 fully saturated rings. The molecule has 0 spiro atoms. The van der Waals surface area contributed by atoms with Gasteiger partial charge in [-0.2, -0.15) is 0 Å². The van der Waals surface area contributed by atoms with Crippen LogP contribution in [0.25, 0.3) is 66.8 Å². The van der Waals surface area contributed by atoms with Crippen LogP contribution >= 0.6 is 0 Å². The molecule has 0 aliphatic heterocycles. The van der Waals surface area contributed by atoms with Crippen LogP contribution < -0.4 is 0 Å². The Hall–Kier alpha value is -6.06. The van der Waals surface area contributed by atoms with E-state index in [0.29, 0.717) is 17.2 Å². The molecule has 3 N–H and O–H groups in total. The second kappa shape index (κ2) is 18.5. The zero-order valence-electron chi connectivity index (χ0n) is 47.7. The van der Waals surface area contributed by atoms with Crippen LogP contribution in [0, 0.1) is 20.8 Å². The van der Waals surface area contributed by atoms with E-state index in [9.17, 15) is 15.3 Å². The maximum absolute atomic E-state index is 12.0. The molecule has 378 valence electrons. The zero-order valence-corrected chi connectivity index (χ0v) is 47.7. The topological polar surface area (TPSA) is 60.7 Å². The molecule has 0 saturated heterocycles. The first-order chi connectivity index (χ1) is 33.0. The summed E-state index contributed by atoms with van der Waals surface area (Å²) in [4.78, 5) is 0. The van der Waals surface area contributed by atoms with Gasteiger partial charge >= 0.3 is 0 Å². The average Bonchev–Trinajstić information content (AvgIpc) is 3.25. The fraction of sp³-hybridized carbons (Fsp3) is 0.391. The van der Waals surface area contributed by atoms with E-state index in [1.165, 1.54) is 33.4 Å². The standard InChI is InChI=1S/C69H84O3/c1-40-58(49-31-25-22-28-46(49)43-34-52(64(4,5)6)61(70)53(35-43)65(7,8)9)41(2)60(51-33-27-24-30-48(51)45-38-56(68(16,17)18)63(72)57(39-45)69(19,20)21)42(3)59(40)50-32-26-23-29-47(50)44-36-54(66(10,11)12)62(71)55(37-44)67(13,14)15/h22-39,70-72H,1-21H3. The van der Waals surface area contributed by atoms with Gasteiger partial charge in [-0.1, -0.05) is 197 Å². The number of phenolic OH excluding ortho intramolecular Hbond substituents is 3. The molecule has 0 unspecified atom stereocenters. The Bertz CT molecular complexity index is 2750. The van der Waals surface area contributed by atoms with E-state index in [1.807, 2.05) is 0 Å². The SMILES string of the molecule is Cc1c(-c2ccccc2-c2cc(C(C)(C)C)c(O)c(C(C)(C)C)c2)c(C)c(-c2ccccc2-c2cc(C(C)(C)C)c(O)c(C(C)(C)C)c2)c(C)c1-c1ccccc1-c1cc(C(C)(C)C)c(O)c(C(C)(C)C)c1. The van der Waals surface area contributed by atoms with Crippen molar-refractivity contribution in [2.45, 2.75) is 178 Å². The summed E-state index contributed by atoms with van der Waals surface area (Å²) >= 11 is 0. The Morgan fingerprint density at radius 2 is 0.403 bits per heavy atom. The fourth-order valence-corrected chi connectivity index (χ4v) is 11.1. The van der Waals surface area contributed by atoms with Crippen molar-refractivity contribution >= 4 is 0 Å². The highest BCUT2D eigenvalue weighted by molar-refractivity contribution is 6.00. The Balaban J connectivity index is 1.68. The van der Waals surface area contributed by atoms with Crippen LogP contribution in [0.2, 0.25) is 0 Å². The van der Waals surface area contributed by atoms with E-state index >= 15 is 0 Å². The second-order valence-corrected chi connectivity index (χ2v) is 26.9. The largest absolute Gasteiger partial charge is 0.507 e. The van der Waals surface area contributed by atoms with Crippen LogP contribution in [0.4, 0.5) is 0 Å². The molecular weight excluding hydrogens is 877 g/mol. The molecule has 0 atom stereocenters. The van der Waals surface area contributed by atoms with Gasteiger partial charge in [-0.3, -0.25) is 0 Å². The predicted molar refractivity (Wildman–Crippen MR) is 310 cm³/mol. The monoisotopic (exact) mass is 961 g/mol. The van der Waals surface area contributed by atoms with Crippen molar-refractivity contribution < 1.29 is 15.3 Å². The third kappa shape index (κ3) is 10.0. The first-order valence-corrected chi connectivity index (χ1v) is 26.1. The summed E-state index contributed by atoms with van der Waals surface area (Å²) in [6.45, 7) is 46.1. The van der Waals surface area contributed by atoms with Gasteiger partial charge in [0, 0.05) is 33.4 Å². The van der Waals surface area contributed by atoms with Gasteiger partial charge in [0.1, 0.15) is 17.2 Å². The highest BCUT2D eigenvalue weighted by atomic mass is 16.3. The van der Waals surface area contributed by atoms with Gasteiger partial charge in [0.05, 0.1) is 0 Å². The Labute approximate surface area is 434 Å². The van der Waals surface area contributed by atoms with Crippen LogP contribution in [-0.4, -0.2) is 15.3 Å². The fourth-order valence-electron chi connectivity index (χ4n) is 11.1. The Kier molecular flexibility index (Phi) is 13.8. The van der Waals surface area contributed by atoms with E-state index in [4.69, 9.17) is 0 Å². The molecule has 72 heavy (non-hydrogen) atoms. The van der Waals surface area contributed by atoms with Gasteiger partial charge in [-0.15, -0.1) is 0 Å². The van der Waals surface area contributed by atoms with Crippen LogP contribution in [0.5, 0.6) is 17.2 Å². The molecule has 0 amide bonds. The number of hydrogen-bond donors (Lipinski definition) is 3. The molecule has 7 aromatic rings. The molecule has 0 saturated carbocycles. The minimum Gasteiger partial charge on any atom is -0.507 e. The summed E-state index contributed by atoms with van der Waals surface area (Å²) in [5.41, 5.74) is 20.7. The van der Waals surface area contributed by atoms with Gasteiger partial charge in [-0.05, 0) is 173 Å². The summed E-state index contributed by atoms with van der Waals surface area (Å²) in [7, 11) is 0. The minimum atomic E-state index is -0.305. The van der Waals surface area contributed by atoms with Crippen LogP contribution in [0.15, 0.2) is 109 Å². The van der Waals surface area contributed by atoms with Gasteiger partial charge in [0.15, 0.2) is 0 Å². The first kappa shape index (κ1) is 53.7. The summed E-state index contributed by atoms with van der Waals surface area (Å²) < 4.78 is 0. The summed E-state index contributed by atoms with van der Waals surface area (Å²) in [6, 6.07) is 39.7. The van der Waals surface area contributed by atoms with Gasteiger partial charge < -0.3 is 15.3 Å². The third-order valence-electron chi connectivity index (χ3n) is 15.0. The normalized spacial score (nSPS) is 13.0. The Morgan fingerprint density at radius 3 is 0.556 bits per heavy atom. The van der Waals surface area contributed by atoms with E-state index < -0.39 is 0 Å². The van der Waals surface area contributed by atoms with E-state index in [0.717, 1.165) is 83.5 Å². The minimum absolute atomic E-state index is 0.305. The van der Waals surface area contributed by atoms with Gasteiger partial charge in [0.25, 0.3) is 0 Å². The maximum atomic E-state index is 12.0. The van der Waals surface area contributed by atoms with Crippen molar-refractivity contribution in [1.82, 2.24) is 0 Å². The lowest BCUT2D eigenvalue weighted by Gasteiger charge is -2.30. The zero-order chi connectivity index (χ0) is 53.6. The quantitative estimate of drug-likeness (QED) is 0.156. The molecule has 0 aliphatic carbocycles. The lowest BCUT2D eigenvalue weighted by molar-refractivity contribution is 0.422. The van der Waals surface area contributed by atoms with Gasteiger partial charge in [0.2, 0.25) is 0 Å². The van der Waals surface area contributed by atoms with E-state index in [2.05, 4.69) is 255 Å². The molecule has 3 nitrogen and oxygen atoms in total. The molecule has 0 heterocycles. The number of aromatic hydroxyl groups is 3. The van der Waals surface area contributed by atoms with Crippen LogP contribution in [0.3, 0.4) is 0 Å². The van der Waals surface area contributed by atoms with Crippen molar-refractivity contribution in [2.75, 3.05) is 0 Å². The molecule has 7 rings (SSSR count). The Morgan fingerprint density at radius 1 is 0.250 bits per heavy atom. The van der Waals surface area contributed by atoms with Crippen molar-refractivity contribution in [1.29, 1.82) is 0 Å². The maximum Gasteiger partial charge on any atom is 0.123 e. The highest BCUT2D eigenvalue weighted by Gasteiger charge is 2.33. The lowest BCUT2D eigenvalue weighted by Crippen LogP contribution is -2.17. The average molecular weight is 961 g/mol. The predicted octanol–water partition coefficient (Wildman–Crippen LogP) is 19.5. The van der Waals surface area contributed by atoms with Crippen molar-refractivity contribution in [3.63, 3.8) is 0 Å². The van der Waals surface area contributed by atoms with Crippen molar-refractivity contribution in [3.8, 4) is 84.0 Å². The van der Waals surface area contributed by atoms with Crippen molar-refractivity contribution in [3.05, 3.63) is 159 Å². The molecule has 3 heteroatoms. The highest BCUT2D eigenvalue weighted by Crippen LogP contribution is 2.53. The second-order valence-electron chi connectivity index (χ2n) is 26.9. The van der Waals surface area contributed by atoms with Gasteiger partial charge in [-0.25, -0.2) is 0 Å². The molecule has 0 aromatic heterocycles. The molecule has 0 radical (unpaired) electrons. The number of phenols is 3. The molecule has 0 bridgehead atoms. The number of benzene rings is 7. The van der Waals surface area contributed by atoms with Crippen molar-refractivity contribution in [2.24, 2.45) is 0 Å².